The van der Waals surface area contributed by atoms with Gasteiger partial charge in [-0.05, 0) is 30.2 Å². The number of benzene rings is 1. The number of carbonyl (C=O) groups excluding carboxylic acids is 1. The maximum atomic E-state index is 11.8. The molecular formula is C12H15NO3. The molecule has 16 heavy (non-hydrogen) atoms. The van der Waals surface area contributed by atoms with E-state index in [2.05, 4.69) is 5.32 Å². The molecule has 0 unspecified atom stereocenters. The lowest BCUT2D eigenvalue weighted by atomic mass is 10.1. The molecule has 1 heterocycles. The molecule has 0 bridgehead atoms. The molecule has 1 aliphatic heterocycles. The molecule has 1 aromatic carbocycles. The van der Waals surface area contributed by atoms with Crippen molar-refractivity contribution in [2.75, 3.05) is 6.61 Å². The summed E-state index contributed by atoms with van der Waals surface area (Å²) >= 11 is 0. The van der Waals surface area contributed by atoms with Gasteiger partial charge in [0, 0.05) is 11.6 Å². The molecule has 0 saturated heterocycles. The summed E-state index contributed by atoms with van der Waals surface area (Å²) in [6, 6.07) is 5.33. The molecule has 2 N–H and O–H groups in total. The van der Waals surface area contributed by atoms with E-state index >= 15 is 0 Å². The first-order valence-corrected chi connectivity index (χ1v) is 5.32. The van der Waals surface area contributed by atoms with Crippen molar-refractivity contribution in [1.82, 2.24) is 5.32 Å². The highest BCUT2D eigenvalue weighted by Gasteiger charge is 2.15. The van der Waals surface area contributed by atoms with E-state index in [1.165, 1.54) is 0 Å². The minimum atomic E-state index is -0.225. The molecule has 0 aromatic heterocycles. The second kappa shape index (κ2) is 4.63. The molecule has 0 radical (unpaired) electrons. The number of nitrogens with one attached hydrogen (secondary N) is 1. The predicted molar refractivity (Wildman–Crippen MR) is 58.9 cm³/mol. The topological polar surface area (TPSA) is 58.6 Å². The van der Waals surface area contributed by atoms with Crippen LogP contribution in [0.1, 0.15) is 28.4 Å². The van der Waals surface area contributed by atoms with Crippen LogP contribution in [0.25, 0.3) is 0 Å². The van der Waals surface area contributed by atoms with Gasteiger partial charge in [0.1, 0.15) is 0 Å². The fraction of sp³-hybridized carbons (Fsp3) is 0.417. The van der Waals surface area contributed by atoms with Crippen LogP contribution < -0.4 is 5.32 Å². The summed E-state index contributed by atoms with van der Waals surface area (Å²) in [5.74, 6) is -0.156. The smallest absolute Gasteiger partial charge is 0.251 e. The van der Waals surface area contributed by atoms with Gasteiger partial charge < -0.3 is 15.2 Å². The van der Waals surface area contributed by atoms with E-state index in [1.54, 1.807) is 13.0 Å². The zero-order valence-corrected chi connectivity index (χ0v) is 9.19. The molecular weight excluding hydrogens is 206 g/mol. The Morgan fingerprint density at radius 1 is 1.50 bits per heavy atom. The highest BCUT2D eigenvalue weighted by molar-refractivity contribution is 5.94. The Morgan fingerprint density at radius 3 is 3.00 bits per heavy atom. The molecule has 0 saturated carbocycles. The molecule has 0 spiro atoms. The van der Waals surface area contributed by atoms with E-state index in [0.29, 0.717) is 18.8 Å². The van der Waals surface area contributed by atoms with E-state index in [-0.39, 0.29) is 18.6 Å². The van der Waals surface area contributed by atoms with Gasteiger partial charge in [-0.1, -0.05) is 6.07 Å². The Balaban J connectivity index is 2.12. The second-order valence-electron chi connectivity index (χ2n) is 4.03. The van der Waals surface area contributed by atoms with Gasteiger partial charge in [-0.3, -0.25) is 4.79 Å². The van der Waals surface area contributed by atoms with Gasteiger partial charge >= 0.3 is 0 Å². The number of rotatable bonds is 3. The first-order chi connectivity index (χ1) is 7.70. The maximum absolute atomic E-state index is 11.8. The molecule has 4 nitrogen and oxygen atoms in total. The van der Waals surface area contributed by atoms with Gasteiger partial charge in [-0.25, -0.2) is 0 Å². The number of aliphatic hydroxyl groups excluding tert-OH is 1. The summed E-state index contributed by atoms with van der Waals surface area (Å²) in [4.78, 5) is 11.8. The van der Waals surface area contributed by atoms with Crippen LogP contribution in [0.15, 0.2) is 18.2 Å². The van der Waals surface area contributed by atoms with Gasteiger partial charge in [-0.15, -0.1) is 0 Å². The largest absolute Gasteiger partial charge is 0.394 e. The normalized spacial score (nSPS) is 15.6. The van der Waals surface area contributed by atoms with Gasteiger partial charge in [0.2, 0.25) is 0 Å². The minimum absolute atomic E-state index is 0.0558. The van der Waals surface area contributed by atoms with E-state index < -0.39 is 0 Å². The van der Waals surface area contributed by atoms with Gasteiger partial charge in [0.25, 0.3) is 5.91 Å². The third-order valence-electron chi connectivity index (χ3n) is 2.63. The first-order valence-electron chi connectivity index (χ1n) is 5.32. The van der Waals surface area contributed by atoms with Crippen molar-refractivity contribution in [3.8, 4) is 0 Å². The molecule has 0 aliphatic carbocycles. The summed E-state index contributed by atoms with van der Waals surface area (Å²) in [6.45, 7) is 2.91. The minimum Gasteiger partial charge on any atom is -0.394 e. The predicted octanol–water partition coefficient (Wildman–Crippen LogP) is 0.827. The van der Waals surface area contributed by atoms with Crippen LogP contribution in [0.4, 0.5) is 0 Å². The number of hydrogen-bond acceptors (Lipinski definition) is 3. The second-order valence-corrected chi connectivity index (χ2v) is 4.03. The summed E-state index contributed by atoms with van der Waals surface area (Å²) in [6.07, 6.45) is 0. The van der Waals surface area contributed by atoms with Crippen LogP contribution in [0.3, 0.4) is 0 Å². The van der Waals surface area contributed by atoms with Crippen LogP contribution in [-0.4, -0.2) is 23.7 Å². The molecule has 1 atom stereocenters. The van der Waals surface area contributed by atoms with Crippen LogP contribution >= 0.6 is 0 Å². The Hall–Kier alpha value is -1.39. The zero-order chi connectivity index (χ0) is 11.5. The third kappa shape index (κ3) is 2.23. The number of aliphatic hydroxyl groups is 1. The molecule has 2 rings (SSSR count). The van der Waals surface area contributed by atoms with Crippen LogP contribution in [0.2, 0.25) is 0 Å². The van der Waals surface area contributed by atoms with Crippen molar-refractivity contribution in [1.29, 1.82) is 0 Å². The number of hydrogen-bond donors (Lipinski definition) is 2. The van der Waals surface area contributed by atoms with E-state index in [9.17, 15) is 4.79 Å². The molecule has 1 aliphatic rings. The lowest BCUT2D eigenvalue weighted by molar-refractivity contribution is 0.0922. The third-order valence-corrected chi connectivity index (χ3v) is 2.63. The lowest BCUT2D eigenvalue weighted by Crippen LogP contribution is -2.35. The highest BCUT2D eigenvalue weighted by Crippen LogP contribution is 2.20. The molecule has 86 valence electrons. The van der Waals surface area contributed by atoms with Gasteiger partial charge in [-0.2, -0.15) is 0 Å². The molecule has 1 amide bonds. The molecule has 4 heteroatoms. The lowest BCUT2D eigenvalue weighted by Gasteiger charge is -2.11. The highest BCUT2D eigenvalue weighted by atomic mass is 16.5. The standard InChI is InChI=1S/C12H15NO3/c1-8(5-14)13-12(15)9-2-3-10-6-16-7-11(10)4-9/h2-4,8,14H,5-7H2,1H3,(H,13,15)/t8-/m1/s1. The Morgan fingerprint density at radius 2 is 2.25 bits per heavy atom. The van der Waals surface area contributed by atoms with Crippen molar-refractivity contribution in [2.45, 2.75) is 26.2 Å². The van der Waals surface area contributed by atoms with E-state index in [0.717, 1.165) is 11.1 Å². The SMILES string of the molecule is C[C@H](CO)NC(=O)c1ccc2c(c1)COC2. The van der Waals surface area contributed by atoms with Gasteiger partial charge in [0.15, 0.2) is 0 Å². The van der Waals surface area contributed by atoms with Crippen LogP contribution in [-0.2, 0) is 18.0 Å². The summed E-state index contributed by atoms with van der Waals surface area (Å²) in [7, 11) is 0. The number of ether oxygens (including phenoxy) is 1. The fourth-order valence-corrected chi connectivity index (χ4v) is 1.67. The van der Waals surface area contributed by atoms with Crippen molar-refractivity contribution in [2.24, 2.45) is 0 Å². The van der Waals surface area contributed by atoms with Crippen molar-refractivity contribution in [3.63, 3.8) is 0 Å². The van der Waals surface area contributed by atoms with Crippen molar-refractivity contribution >= 4 is 5.91 Å². The average molecular weight is 221 g/mol. The Kier molecular flexibility index (Phi) is 3.22. The first kappa shape index (κ1) is 11.1. The maximum Gasteiger partial charge on any atom is 0.251 e. The summed E-state index contributed by atoms with van der Waals surface area (Å²) < 4.78 is 5.28. The number of amides is 1. The molecule has 0 fully saturated rings. The zero-order valence-electron chi connectivity index (χ0n) is 9.19. The van der Waals surface area contributed by atoms with Crippen molar-refractivity contribution < 1.29 is 14.6 Å². The fourth-order valence-electron chi connectivity index (χ4n) is 1.67. The number of fused-ring (bicyclic) bond motifs is 1. The number of carbonyl (C=O) groups is 1. The van der Waals surface area contributed by atoms with Gasteiger partial charge in [0.05, 0.1) is 19.8 Å². The summed E-state index contributed by atoms with van der Waals surface area (Å²) in [5.41, 5.74) is 2.83. The van der Waals surface area contributed by atoms with E-state index in [1.807, 2.05) is 12.1 Å². The molecule has 1 aromatic rings. The van der Waals surface area contributed by atoms with Crippen LogP contribution in [0, 0.1) is 0 Å². The van der Waals surface area contributed by atoms with Crippen molar-refractivity contribution in [3.05, 3.63) is 34.9 Å². The average Bonchev–Trinajstić information content (AvgIpc) is 2.75. The summed E-state index contributed by atoms with van der Waals surface area (Å²) in [5, 5.41) is 11.6. The monoisotopic (exact) mass is 221 g/mol. The van der Waals surface area contributed by atoms with Crippen LogP contribution in [0.5, 0.6) is 0 Å². The Bertz CT molecular complexity index is 403. The Labute approximate surface area is 94.2 Å². The van der Waals surface area contributed by atoms with E-state index in [4.69, 9.17) is 9.84 Å². The quantitative estimate of drug-likeness (QED) is 0.794.